The molecule has 60 heavy (non-hydrogen) atoms. The number of rotatable bonds is 4. The summed E-state index contributed by atoms with van der Waals surface area (Å²) in [6.45, 7) is 6.08. The van der Waals surface area contributed by atoms with E-state index in [2.05, 4.69) is 9.80 Å². The van der Waals surface area contributed by atoms with Crippen molar-refractivity contribution >= 4 is 80.0 Å². The van der Waals surface area contributed by atoms with Crippen LogP contribution in [0.2, 0.25) is 0 Å². The van der Waals surface area contributed by atoms with Gasteiger partial charge < -0.3 is 9.80 Å². The fourth-order valence-electron chi connectivity index (χ4n) is 11.0. The van der Waals surface area contributed by atoms with E-state index >= 15 is 0 Å². The van der Waals surface area contributed by atoms with E-state index in [9.17, 15) is 28.8 Å². The van der Waals surface area contributed by atoms with Crippen molar-refractivity contribution in [1.82, 2.24) is 9.13 Å². The van der Waals surface area contributed by atoms with Crippen molar-refractivity contribution in [3.8, 4) is 0 Å². The number of hydrogen-bond donors (Lipinski definition) is 0. The van der Waals surface area contributed by atoms with Crippen molar-refractivity contribution in [3.63, 3.8) is 0 Å². The summed E-state index contributed by atoms with van der Waals surface area (Å²) in [6, 6.07) is 30.8. The zero-order valence-electron chi connectivity index (χ0n) is 33.3. The quantitative estimate of drug-likeness (QED) is 0.198. The van der Waals surface area contributed by atoms with E-state index in [0.29, 0.717) is 37.1 Å². The van der Waals surface area contributed by atoms with Crippen LogP contribution in [0.4, 0.5) is 22.7 Å². The van der Waals surface area contributed by atoms with Gasteiger partial charge in [-0.25, -0.2) is 0 Å². The minimum Gasteiger partial charge on any atom is -0.368 e. The normalized spacial score (nSPS) is 22.4. The van der Waals surface area contributed by atoms with Crippen molar-refractivity contribution < 1.29 is 28.8 Å². The van der Waals surface area contributed by atoms with Crippen molar-refractivity contribution in [1.29, 1.82) is 0 Å². The van der Waals surface area contributed by atoms with Crippen LogP contribution in [0, 0.1) is 23.7 Å². The summed E-state index contributed by atoms with van der Waals surface area (Å²) >= 11 is 0. The highest BCUT2D eigenvalue weighted by atomic mass is 16.2. The molecule has 4 atom stereocenters. The van der Waals surface area contributed by atoms with Gasteiger partial charge in [-0.15, -0.1) is 0 Å². The second-order valence-electron chi connectivity index (χ2n) is 16.9. The first-order valence-electron chi connectivity index (χ1n) is 20.8. The molecule has 3 aliphatic heterocycles. The molecule has 0 radical (unpaired) electrons. The molecule has 0 spiro atoms. The summed E-state index contributed by atoms with van der Waals surface area (Å²) in [4.78, 5) is 88.1. The molecular weight excluding hydrogens is 757 g/mol. The molecule has 0 saturated carbocycles. The Morgan fingerprint density at radius 2 is 0.750 bits per heavy atom. The van der Waals surface area contributed by atoms with Gasteiger partial charge in [0.25, 0.3) is 0 Å². The number of fused-ring (bicyclic) bond motifs is 8. The second kappa shape index (κ2) is 13.4. The summed E-state index contributed by atoms with van der Waals surface area (Å²) in [6.07, 6.45) is 1.57. The maximum Gasteiger partial charge on any atom is 0.238 e. The Morgan fingerprint density at radius 3 is 1.10 bits per heavy atom. The van der Waals surface area contributed by atoms with E-state index < -0.39 is 23.7 Å². The van der Waals surface area contributed by atoms with Crippen molar-refractivity contribution in [2.24, 2.45) is 23.7 Å². The van der Waals surface area contributed by atoms with E-state index in [0.717, 1.165) is 81.9 Å². The molecule has 4 unspecified atom stereocenters. The summed E-state index contributed by atoms with van der Waals surface area (Å²) in [5.74, 6) is -2.95. The minimum atomic E-state index is -0.508. The lowest BCUT2D eigenvalue weighted by molar-refractivity contribution is -0.124. The third kappa shape index (κ3) is 5.22. The standard InChI is InChI=1S/C48H42N6O6/c1-27(55)51-41-9-5-3-7-33(41)35-23-37-39(25-43(35)51)47(59)53(45(37)57)31-15-11-29(12-16-31)49-19-21-50(22-20-49)30-13-17-32(18-14-30)54-46(58)38-24-36-34-8-4-6-10-42(34)52(28(2)56)44(36)26-40(38)48(54)60/h3-18,37-40H,19-26H2,1-2H3. The van der Waals surface area contributed by atoms with Crippen LogP contribution in [0.5, 0.6) is 0 Å². The van der Waals surface area contributed by atoms with E-state index in [1.54, 1.807) is 9.13 Å². The summed E-state index contributed by atoms with van der Waals surface area (Å²) in [5.41, 5.74) is 8.42. The fraction of sp³-hybridized carbons (Fsp3) is 0.292. The smallest absolute Gasteiger partial charge is 0.238 e. The number of aromatic nitrogens is 2. The maximum atomic E-state index is 13.9. The van der Waals surface area contributed by atoms with Gasteiger partial charge in [0.2, 0.25) is 35.4 Å². The molecule has 11 rings (SSSR count). The van der Waals surface area contributed by atoms with Gasteiger partial charge in [0.1, 0.15) is 0 Å². The molecule has 2 aromatic heterocycles. The van der Waals surface area contributed by atoms with Gasteiger partial charge in [-0.2, -0.15) is 0 Å². The summed E-state index contributed by atoms with van der Waals surface area (Å²) in [5, 5.41) is 1.93. The van der Waals surface area contributed by atoms with Crippen LogP contribution in [0.15, 0.2) is 97.1 Å². The van der Waals surface area contributed by atoms with Gasteiger partial charge in [-0.05, 0) is 84.6 Å². The molecule has 2 aliphatic carbocycles. The lowest BCUT2D eigenvalue weighted by Gasteiger charge is -2.37. The molecule has 4 aromatic carbocycles. The molecule has 0 N–H and O–H groups in total. The third-order valence-electron chi connectivity index (χ3n) is 13.8. The van der Waals surface area contributed by atoms with Gasteiger partial charge in [-0.3, -0.25) is 47.7 Å². The van der Waals surface area contributed by atoms with Crippen molar-refractivity contribution in [2.75, 3.05) is 45.8 Å². The van der Waals surface area contributed by atoms with Gasteiger partial charge in [0.05, 0.1) is 46.1 Å². The largest absolute Gasteiger partial charge is 0.368 e. The van der Waals surface area contributed by atoms with Crippen LogP contribution in [-0.4, -0.2) is 70.8 Å². The fourth-order valence-corrected chi connectivity index (χ4v) is 11.0. The van der Waals surface area contributed by atoms with Crippen LogP contribution < -0.4 is 19.6 Å². The Hall–Kier alpha value is -6.82. The Morgan fingerprint density at radius 1 is 0.433 bits per heavy atom. The number of imide groups is 2. The number of carbonyl (C=O) groups excluding carboxylic acids is 6. The van der Waals surface area contributed by atoms with Crippen LogP contribution in [0.25, 0.3) is 21.8 Å². The number of nitrogens with zero attached hydrogens (tertiary/aromatic N) is 6. The van der Waals surface area contributed by atoms with Crippen LogP contribution in [0.3, 0.4) is 0 Å². The first-order chi connectivity index (χ1) is 29.1. The molecule has 3 saturated heterocycles. The predicted molar refractivity (Wildman–Crippen MR) is 228 cm³/mol. The van der Waals surface area contributed by atoms with Crippen LogP contribution in [-0.2, 0) is 44.9 Å². The predicted octanol–water partition coefficient (Wildman–Crippen LogP) is 6.05. The molecule has 5 heterocycles. The molecule has 3 fully saturated rings. The third-order valence-corrected chi connectivity index (χ3v) is 13.8. The highest BCUT2D eigenvalue weighted by Crippen LogP contribution is 2.45. The zero-order chi connectivity index (χ0) is 41.1. The number of amides is 4. The maximum absolute atomic E-state index is 13.9. The molecular formula is C48H42N6O6. The number of carbonyl (C=O) groups is 6. The van der Waals surface area contributed by atoms with Gasteiger partial charge in [0.15, 0.2) is 0 Å². The lowest BCUT2D eigenvalue weighted by atomic mass is 9.79. The SMILES string of the molecule is CC(=O)n1c2c(c3ccccc31)CC1C(=O)N(c3ccc(N4CCN(c5ccc(N6C(=O)C7Cc8c(n(C(C)=O)c9ccccc89)CC7C6=O)cc5)CC4)cc3)C(=O)C1C2. The van der Waals surface area contributed by atoms with Crippen molar-refractivity contribution in [2.45, 2.75) is 39.5 Å². The first-order valence-corrected chi connectivity index (χ1v) is 20.8. The van der Waals surface area contributed by atoms with E-state index in [1.165, 1.54) is 23.6 Å². The van der Waals surface area contributed by atoms with E-state index in [-0.39, 0.29) is 35.4 Å². The zero-order valence-corrected chi connectivity index (χ0v) is 33.3. The average Bonchev–Trinajstić information content (AvgIpc) is 3.93. The monoisotopic (exact) mass is 798 g/mol. The van der Waals surface area contributed by atoms with Crippen LogP contribution >= 0.6 is 0 Å². The van der Waals surface area contributed by atoms with Gasteiger partial charge in [0, 0.05) is 86.4 Å². The average molecular weight is 799 g/mol. The Kier molecular flexibility index (Phi) is 8.07. The highest BCUT2D eigenvalue weighted by Gasteiger charge is 2.53. The summed E-state index contributed by atoms with van der Waals surface area (Å²) < 4.78 is 3.42. The minimum absolute atomic E-state index is 0.0998. The molecule has 4 amide bonds. The molecule has 300 valence electrons. The topological polar surface area (TPSA) is 125 Å². The molecule has 5 aliphatic rings. The van der Waals surface area contributed by atoms with E-state index in [1.807, 2.05) is 97.1 Å². The van der Waals surface area contributed by atoms with Crippen LogP contribution in [0.1, 0.15) is 46.0 Å². The lowest BCUT2D eigenvalue weighted by Crippen LogP contribution is -2.46. The Labute approximate surface area is 345 Å². The Bertz CT molecular complexity index is 2670. The number of para-hydroxylation sites is 2. The number of hydrogen-bond acceptors (Lipinski definition) is 8. The summed E-state index contributed by atoms with van der Waals surface area (Å²) in [7, 11) is 0. The number of anilines is 4. The highest BCUT2D eigenvalue weighted by molar-refractivity contribution is 6.23. The van der Waals surface area contributed by atoms with Crippen molar-refractivity contribution in [3.05, 3.63) is 120 Å². The second-order valence-corrected chi connectivity index (χ2v) is 16.9. The molecule has 6 aromatic rings. The van der Waals surface area contributed by atoms with Gasteiger partial charge in [-0.1, -0.05) is 36.4 Å². The number of piperazine rings is 1. The molecule has 0 bridgehead atoms. The van der Waals surface area contributed by atoms with Gasteiger partial charge >= 0.3 is 0 Å². The van der Waals surface area contributed by atoms with E-state index in [4.69, 9.17) is 0 Å². The Balaban J connectivity index is 0.743. The molecule has 12 nitrogen and oxygen atoms in total. The first kappa shape index (κ1) is 36.3. The molecule has 12 heteroatoms. The number of benzene rings is 4.